The van der Waals surface area contributed by atoms with Gasteiger partial charge in [0.1, 0.15) is 0 Å². The minimum absolute atomic E-state index is 0.383. The molecule has 4 heteroatoms. The second-order valence-electron chi connectivity index (χ2n) is 6.53. The molecule has 1 aliphatic heterocycles. The van der Waals surface area contributed by atoms with Gasteiger partial charge in [0.2, 0.25) is 0 Å². The lowest BCUT2D eigenvalue weighted by Crippen LogP contribution is -2.41. The molecule has 1 fully saturated rings. The van der Waals surface area contributed by atoms with Crippen LogP contribution in [0, 0.1) is 11.8 Å². The van der Waals surface area contributed by atoms with Gasteiger partial charge in [0.25, 0.3) is 0 Å². The predicted molar refractivity (Wildman–Crippen MR) is 81.8 cm³/mol. The van der Waals surface area contributed by atoms with Gasteiger partial charge in [0.05, 0.1) is 5.56 Å². The molecule has 2 aromatic rings. The van der Waals surface area contributed by atoms with Gasteiger partial charge >= 0.3 is 5.97 Å². The van der Waals surface area contributed by atoms with E-state index < -0.39 is 5.97 Å². The van der Waals surface area contributed by atoms with Crippen LogP contribution in [0.15, 0.2) is 18.2 Å². The van der Waals surface area contributed by atoms with Crippen LogP contribution in [0.3, 0.4) is 0 Å². The monoisotopic (exact) mass is 284 g/mol. The van der Waals surface area contributed by atoms with Crippen LogP contribution >= 0.6 is 0 Å². The van der Waals surface area contributed by atoms with Crippen LogP contribution < -0.4 is 5.32 Å². The van der Waals surface area contributed by atoms with Crippen LogP contribution in [0.5, 0.6) is 0 Å². The Hall–Kier alpha value is -1.81. The summed E-state index contributed by atoms with van der Waals surface area (Å²) < 4.78 is 0. The van der Waals surface area contributed by atoms with Gasteiger partial charge < -0.3 is 15.4 Å². The molecule has 0 unspecified atom stereocenters. The van der Waals surface area contributed by atoms with E-state index in [1.54, 1.807) is 6.07 Å². The van der Waals surface area contributed by atoms with E-state index >= 15 is 0 Å². The Morgan fingerprint density at radius 3 is 3.05 bits per heavy atom. The van der Waals surface area contributed by atoms with E-state index in [0.717, 1.165) is 36.8 Å². The summed E-state index contributed by atoms with van der Waals surface area (Å²) in [5, 5.41) is 13.9. The number of carboxylic acids is 1. The number of aromatic amines is 1. The third-order valence-corrected chi connectivity index (χ3v) is 5.32. The van der Waals surface area contributed by atoms with Crippen LogP contribution in [-0.4, -0.2) is 29.1 Å². The molecule has 21 heavy (non-hydrogen) atoms. The van der Waals surface area contributed by atoms with Gasteiger partial charge in [0.15, 0.2) is 0 Å². The summed E-state index contributed by atoms with van der Waals surface area (Å²) in [6.45, 7) is 4.47. The molecule has 4 nitrogen and oxygen atoms in total. The van der Waals surface area contributed by atoms with Crippen molar-refractivity contribution in [2.75, 3.05) is 13.1 Å². The van der Waals surface area contributed by atoms with Crippen molar-refractivity contribution in [1.82, 2.24) is 10.3 Å². The highest BCUT2D eigenvalue weighted by Gasteiger charge is 2.38. The van der Waals surface area contributed by atoms with Gasteiger partial charge in [-0.25, -0.2) is 4.79 Å². The third-order valence-electron chi connectivity index (χ3n) is 5.32. The molecule has 3 atom stereocenters. The Morgan fingerprint density at radius 1 is 1.38 bits per heavy atom. The fourth-order valence-corrected chi connectivity index (χ4v) is 4.30. The third kappa shape index (κ3) is 1.89. The number of aromatic nitrogens is 1. The SMILES string of the molecule is C[C@H]1Cc2[nH]c3ccc(C(=O)O)cc3c2[C@H]2CCNC[C@@H]21. The molecule has 3 N–H and O–H groups in total. The number of nitrogens with one attached hydrogen (secondary N) is 2. The van der Waals surface area contributed by atoms with Crippen molar-refractivity contribution in [3.05, 3.63) is 35.0 Å². The first-order valence-electron chi connectivity index (χ1n) is 7.73. The van der Waals surface area contributed by atoms with E-state index in [1.807, 2.05) is 12.1 Å². The normalized spacial score (nSPS) is 28.1. The molecule has 2 heterocycles. The number of carboxylic acid groups (broad SMARTS) is 1. The van der Waals surface area contributed by atoms with Crippen molar-refractivity contribution in [2.24, 2.45) is 11.8 Å². The summed E-state index contributed by atoms with van der Waals surface area (Å²) in [6, 6.07) is 5.45. The van der Waals surface area contributed by atoms with Gasteiger partial charge in [-0.3, -0.25) is 0 Å². The zero-order valence-electron chi connectivity index (χ0n) is 12.1. The number of fused-ring (bicyclic) bond motifs is 5. The number of H-pyrrole nitrogens is 1. The average molecular weight is 284 g/mol. The molecule has 2 aliphatic rings. The number of aromatic carboxylic acids is 1. The molecule has 1 aliphatic carbocycles. The molecule has 1 aromatic carbocycles. The Balaban J connectivity index is 1.91. The highest BCUT2D eigenvalue weighted by atomic mass is 16.4. The summed E-state index contributed by atoms with van der Waals surface area (Å²) in [5.41, 5.74) is 4.17. The first-order valence-corrected chi connectivity index (χ1v) is 7.73. The maximum Gasteiger partial charge on any atom is 0.335 e. The van der Waals surface area contributed by atoms with Crippen LogP contribution in [-0.2, 0) is 6.42 Å². The van der Waals surface area contributed by atoms with E-state index in [2.05, 4.69) is 17.2 Å². The molecule has 1 aromatic heterocycles. The fraction of sp³-hybridized carbons (Fsp3) is 0.471. The largest absolute Gasteiger partial charge is 0.478 e. The molecule has 1 saturated heterocycles. The molecule has 110 valence electrons. The van der Waals surface area contributed by atoms with E-state index in [0.29, 0.717) is 23.3 Å². The number of hydrogen-bond acceptors (Lipinski definition) is 2. The van der Waals surface area contributed by atoms with Crippen LogP contribution in [0.1, 0.15) is 40.9 Å². The highest BCUT2D eigenvalue weighted by Crippen LogP contribution is 2.45. The smallest absolute Gasteiger partial charge is 0.335 e. The minimum Gasteiger partial charge on any atom is -0.478 e. The van der Waals surface area contributed by atoms with Crippen LogP contribution in [0.25, 0.3) is 10.9 Å². The van der Waals surface area contributed by atoms with E-state index in [9.17, 15) is 9.90 Å². The van der Waals surface area contributed by atoms with Crippen molar-refractivity contribution in [2.45, 2.75) is 25.7 Å². The van der Waals surface area contributed by atoms with Crippen molar-refractivity contribution in [1.29, 1.82) is 0 Å². The summed E-state index contributed by atoms with van der Waals surface area (Å²) >= 11 is 0. The quantitative estimate of drug-likeness (QED) is 0.754. The van der Waals surface area contributed by atoms with E-state index in [-0.39, 0.29) is 0 Å². The van der Waals surface area contributed by atoms with Gasteiger partial charge in [0, 0.05) is 16.6 Å². The minimum atomic E-state index is -0.849. The van der Waals surface area contributed by atoms with Gasteiger partial charge in [-0.2, -0.15) is 0 Å². The van der Waals surface area contributed by atoms with Crippen molar-refractivity contribution in [3.8, 4) is 0 Å². The molecule has 0 spiro atoms. The number of piperidine rings is 1. The highest BCUT2D eigenvalue weighted by molar-refractivity contribution is 5.95. The zero-order valence-corrected chi connectivity index (χ0v) is 12.1. The second-order valence-corrected chi connectivity index (χ2v) is 6.53. The van der Waals surface area contributed by atoms with Crippen molar-refractivity contribution in [3.63, 3.8) is 0 Å². The Kier molecular flexibility index (Phi) is 2.82. The maximum atomic E-state index is 11.2. The lowest BCUT2D eigenvalue weighted by molar-refractivity contribution is 0.0697. The first kappa shape index (κ1) is 12.9. The Bertz CT molecular complexity index is 719. The van der Waals surface area contributed by atoms with Crippen LogP contribution in [0.4, 0.5) is 0 Å². The lowest BCUT2D eigenvalue weighted by atomic mass is 9.68. The van der Waals surface area contributed by atoms with E-state index in [1.165, 1.54) is 11.3 Å². The fourth-order valence-electron chi connectivity index (χ4n) is 4.30. The molecule has 4 rings (SSSR count). The summed E-state index contributed by atoms with van der Waals surface area (Å²) in [7, 11) is 0. The maximum absolute atomic E-state index is 11.2. The number of carbonyl (C=O) groups is 1. The first-order chi connectivity index (χ1) is 10.1. The molecule has 0 amide bonds. The molecule has 0 bridgehead atoms. The van der Waals surface area contributed by atoms with Gasteiger partial charge in [-0.15, -0.1) is 0 Å². The predicted octanol–water partition coefficient (Wildman–Crippen LogP) is 2.75. The number of rotatable bonds is 1. The Labute approximate surface area is 123 Å². The second kappa shape index (κ2) is 4.60. The van der Waals surface area contributed by atoms with E-state index in [4.69, 9.17) is 0 Å². The van der Waals surface area contributed by atoms with Crippen LogP contribution in [0.2, 0.25) is 0 Å². The molecular formula is C17H20N2O2. The molecule has 0 saturated carbocycles. The summed E-state index contributed by atoms with van der Waals surface area (Å²) in [6.07, 6.45) is 2.21. The topological polar surface area (TPSA) is 65.1 Å². The summed E-state index contributed by atoms with van der Waals surface area (Å²) in [4.78, 5) is 14.8. The molecule has 0 radical (unpaired) electrons. The standard InChI is InChI=1S/C17H20N2O2/c1-9-6-15-16(11-4-5-18-8-13(9)11)12-7-10(17(20)21)2-3-14(12)19-15/h2-3,7,9,11,13,18-19H,4-6,8H2,1H3,(H,20,21)/t9-,11-,13+/m0/s1. The van der Waals surface area contributed by atoms with Crippen molar-refractivity contribution >= 4 is 16.9 Å². The number of hydrogen-bond donors (Lipinski definition) is 3. The van der Waals surface area contributed by atoms with Gasteiger partial charge in [-0.05, 0) is 67.4 Å². The molecular weight excluding hydrogens is 264 g/mol. The van der Waals surface area contributed by atoms with Crippen molar-refractivity contribution < 1.29 is 9.90 Å². The summed E-state index contributed by atoms with van der Waals surface area (Å²) in [5.74, 6) is 1.04. The lowest BCUT2D eigenvalue weighted by Gasteiger charge is -2.40. The number of benzene rings is 1. The zero-order chi connectivity index (χ0) is 14.6. The Morgan fingerprint density at radius 2 is 2.24 bits per heavy atom. The van der Waals surface area contributed by atoms with Gasteiger partial charge in [-0.1, -0.05) is 6.92 Å². The average Bonchev–Trinajstić information content (AvgIpc) is 2.84.